The van der Waals surface area contributed by atoms with Gasteiger partial charge in [-0.2, -0.15) is 9.40 Å². The van der Waals surface area contributed by atoms with Gasteiger partial charge in [0.2, 0.25) is 0 Å². The minimum atomic E-state index is -3.57. The highest BCUT2D eigenvalue weighted by Gasteiger charge is 2.33. The lowest BCUT2D eigenvalue weighted by molar-refractivity contribution is 0.249. The fraction of sp³-hybridized carbons (Fsp3) is 0.727. The van der Waals surface area contributed by atoms with Gasteiger partial charge in [0.05, 0.1) is 11.2 Å². The molecule has 2 heterocycles. The van der Waals surface area contributed by atoms with Crippen molar-refractivity contribution in [1.82, 2.24) is 14.1 Å². The average molecular weight is 343 g/mol. The van der Waals surface area contributed by atoms with Crippen LogP contribution in [0.2, 0.25) is 5.02 Å². The molecule has 1 aromatic rings. The van der Waals surface area contributed by atoms with Crippen LogP contribution in [0, 0.1) is 5.92 Å². The number of rotatable bonds is 3. The van der Waals surface area contributed by atoms with Gasteiger partial charge >= 0.3 is 0 Å². The number of aromatic nitrogens is 2. The van der Waals surface area contributed by atoms with Crippen molar-refractivity contribution >= 4 is 34.0 Å². The molecule has 0 amide bonds. The molecular weight excluding hydrogens is 323 g/mol. The molecule has 20 heavy (non-hydrogen) atoms. The van der Waals surface area contributed by atoms with Crippen LogP contribution in [0.1, 0.15) is 19.8 Å². The van der Waals surface area contributed by atoms with E-state index >= 15 is 0 Å². The molecule has 0 radical (unpaired) electrons. The summed E-state index contributed by atoms with van der Waals surface area (Å²) < 4.78 is 27.8. The van der Waals surface area contributed by atoms with Crippen LogP contribution in [0.3, 0.4) is 0 Å². The second-order valence-corrected chi connectivity index (χ2v) is 7.28. The second kappa shape index (κ2) is 6.62. The largest absolute Gasteiger partial charge is 0.328 e. The monoisotopic (exact) mass is 342 g/mol. The summed E-state index contributed by atoms with van der Waals surface area (Å²) in [6, 6.07) is 0.102. The average Bonchev–Trinajstić information content (AvgIpc) is 2.69. The van der Waals surface area contributed by atoms with E-state index < -0.39 is 10.0 Å². The Morgan fingerprint density at radius 2 is 2.00 bits per heavy atom. The number of halogens is 2. The molecule has 2 rings (SSSR count). The normalized spacial score (nSPS) is 19.6. The van der Waals surface area contributed by atoms with Crippen molar-refractivity contribution in [3.05, 3.63) is 11.2 Å². The molecule has 0 aromatic carbocycles. The van der Waals surface area contributed by atoms with Crippen molar-refractivity contribution in [3.63, 3.8) is 0 Å². The standard InChI is InChI=1S/C11H19ClN4O2S.ClH/c1-8(13)9-3-5-16(6-4-9)19(17,18)11-10(12)7-14-15(11)2;/h7-9H,3-6,13H2,1-2H3;1H. The summed E-state index contributed by atoms with van der Waals surface area (Å²) in [6.45, 7) is 2.93. The van der Waals surface area contributed by atoms with Gasteiger partial charge in [-0.15, -0.1) is 12.4 Å². The first-order valence-electron chi connectivity index (χ1n) is 6.27. The summed E-state index contributed by atoms with van der Waals surface area (Å²) in [5.74, 6) is 0.383. The van der Waals surface area contributed by atoms with Gasteiger partial charge in [-0.3, -0.25) is 4.68 Å². The Bertz CT molecular complexity index is 531. The predicted octanol–water partition coefficient (Wildman–Crippen LogP) is 1.24. The Hall–Kier alpha value is -0.340. The van der Waals surface area contributed by atoms with Crippen molar-refractivity contribution in [2.75, 3.05) is 13.1 Å². The molecule has 0 aliphatic carbocycles. The summed E-state index contributed by atoms with van der Waals surface area (Å²) in [5.41, 5.74) is 5.86. The van der Waals surface area contributed by atoms with Gasteiger partial charge in [0.1, 0.15) is 0 Å². The van der Waals surface area contributed by atoms with Gasteiger partial charge in [0, 0.05) is 26.2 Å². The van der Waals surface area contributed by atoms with Gasteiger partial charge < -0.3 is 5.73 Å². The van der Waals surface area contributed by atoms with Gasteiger partial charge in [-0.25, -0.2) is 8.42 Å². The van der Waals surface area contributed by atoms with E-state index in [1.807, 2.05) is 6.92 Å². The van der Waals surface area contributed by atoms with E-state index in [-0.39, 0.29) is 28.5 Å². The van der Waals surface area contributed by atoms with Crippen molar-refractivity contribution in [1.29, 1.82) is 0 Å². The van der Waals surface area contributed by atoms with Gasteiger partial charge in [0.15, 0.2) is 5.03 Å². The van der Waals surface area contributed by atoms with Crippen LogP contribution in [0.5, 0.6) is 0 Å². The zero-order chi connectivity index (χ0) is 14.2. The van der Waals surface area contributed by atoms with Crippen LogP contribution in [0.15, 0.2) is 11.2 Å². The summed E-state index contributed by atoms with van der Waals surface area (Å²) in [7, 11) is -1.99. The highest BCUT2D eigenvalue weighted by Crippen LogP contribution is 2.28. The molecule has 1 atom stereocenters. The van der Waals surface area contributed by atoms with Crippen molar-refractivity contribution in [2.24, 2.45) is 18.7 Å². The third kappa shape index (κ3) is 3.28. The topological polar surface area (TPSA) is 81.2 Å². The van der Waals surface area contributed by atoms with E-state index in [0.717, 1.165) is 12.8 Å². The molecule has 6 nitrogen and oxygen atoms in total. The number of nitrogens with two attached hydrogens (primary N) is 1. The maximum atomic E-state index is 12.5. The molecule has 1 unspecified atom stereocenters. The molecule has 9 heteroatoms. The van der Waals surface area contributed by atoms with Gasteiger partial charge in [-0.05, 0) is 25.7 Å². The molecular formula is C11H20Cl2N4O2S. The maximum Gasteiger partial charge on any atom is 0.261 e. The van der Waals surface area contributed by atoms with Crippen LogP contribution < -0.4 is 5.73 Å². The first-order valence-corrected chi connectivity index (χ1v) is 8.09. The van der Waals surface area contributed by atoms with E-state index in [1.165, 1.54) is 15.2 Å². The summed E-state index contributed by atoms with van der Waals surface area (Å²) in [6.07, 6.45) is 2.92. The Morgan fingerprint density at radius 3 is 2.40 bits per heavy atom. The Labute approximate surface area is 130 Å². The number of nitrogens with zero attached hydrogens (tertiary/aromatic N) is 3. The Kier molecular flexibility index (Phi) is 5.86. The van der Waals surface area contributed by atoms with E-state index in [4.69, 9.17) is 17.3 Å². The van der Waals surface area contributed by atoms with Crippen LogP contribution >= 0.6 is 24.0 Å². The molecule has 0 bridgehead atoms. The lowest BCUT2D eigenvalue weighted by Crippen LogP contribution is -2.43. The second-order valence-electron chi connectivity index (χ2n) is 5.02. The quantitative estimate of drug-likeness (QED) is 0.895. The maximum absolute atomic E-state index is 12.5. The number of piperidine rings is 1. The number of sulfonamides is 1. The fourth-order valence-electron chi connectivity index (χ4n) is 2.45. The predicted molar refractivity (Wildman–Crippen MR) is 80.6 cm³/mol. The minimum absolute atomic E-state index is 0. The van der Waals surface area contributed by atoms with Crippen LogP contribution in [0.4, 0.5) is 0 Å². The SMILES string of the molecule is CC(N)C1CCN(S(=O)(=O)c2c(Cl)cnn2C)CC1.Cl. The van der Waals surface area contributed by atoms with Crippen molar-refractivity contribution in [3.8, 4) is 0 Å². The Balaban J connectivity index is 0.00000200. The summed E-state index contributed by atoms with van der Waals surface area (Å²) in [4.78, 5) is 0. The molecule has 1 saturated heterocycles. The molecule has 1 aromatic heterocycles. The smallest absolute Gasteiger partial charge is 0.261 e. The van der Waals surface area contributed by atoms with Crippen LogP contribution in [0.25, 0.3) is 0 Å². The number of hydrogen-bond acceptors (Lipinski definition) is 4. The molecule has 0 saturated carbocycles. The van der Waals surface area contributed by atoms with Gasteiger partial charge in [0.25, 0.3) is 10.0 Å². The number of aryl methyl sites for hydroxylation is 1. The lowest BCUT2D eigenvalue weighted by atomic mass is 9.92. The highest BCUT2D eigenvalue weighted by atomic mass is 35.5. The molecule has 116 valence electrons. The molecule has 1 aliphatic rings. The Morgan fingerprint density at radius 1 is 1.45 bits per heavy atom. The van der Waals surface area contributed by atoms with Crippen LogP contribution in [-0.2, 0) is 17.1 Å². The van der Waals surface area contributed by atoms with Crippen molar-refractivity contribution < 1.29 is 8.42 Å². The first-order chi connectivity index (χ1) is 8.84. The van der Waals surface area contributed by atoms with E-state index in [1.54, 1.807) is 7.05 Å². The van der Waals surface area contributed by atoms with Gasteiger partial charge in [-0.1, -0.05) is 11.6 Å². The lowest BCUT2D eigenvalue weighted by Gasteiger charge is -2.32. The van der Waals surface area contributed by atoms with E-state index in [9.17, 15) is 8.42 Å². The molecule has 0 spiro atoms. The third-order valence-corrected chi connectivity index (χ3v) is 6.08. The molecule has 1 aliphatic heterocycles. The number of hydrogen-bond donors (Lipinski definition) is 1. The van der Waals surface area contributed by atoms with Crippen molar-refractivity contribution in [2.45, 2.75) is 30.8 Å². The first kappa shape index (κ1) is 17.7. The van der Waals surface area contributed by atoms with E-state index in [0.29, 0.717) is 19.0 Å². The zero-order valence-corrected chi connectivity index (χ0v) is 13.9. The third-order valence-electron chi connectivity index (χ3n) is 3.67. The van der Waals surface area contributed by atoms with E-state index in [2.05, 4.69) is 5.10 Å². The van der Waals surface area contributed by atoms with Crippen LogP contribution in [-0.4, -0.2) is 41.6 Å². The molecule has 1 fully saturated rings. The highest BCUT2D eigenvalue weighted by molar-refractivity contribution is 7.89. The minimum Gasteiger partial charge on any atom is -0.328 e. The summed E-state index contributed by atoms with van der Waals surface area (Å²) in [5, 5.41) is 4.11. The molecule has 2 N–H and O–H groups in total. The zero-order valence-electron chi connectivity index (χ0n) is 11.5. The fourth-order valence-corrected chi connectivity index (χ4v) is 4.53. The summed E-state index contributed by atoms with van der Waals surface area (Å²) >= 11 is 5.92.